The highest BCUT2D eigenvalue weighted by Crippen LogP contribution is 2.43. The number of quaternary nitrogens is 1. The summed E-state index contributed by atoms with van der Waals surface area (Å²) in [6.45, 7) is 7.00. The zero-order valence-corrected chi connectivity index (χ0v) is 48.6. The summed E-state index contributed by atoms with van der Waals surface area (Å²) in [5.74, 6) is -0.497. The minimum Gasteiger partial charge on any atom is -0.456 e. The fraction of sp³-hybridized carbons (Fsp3) is 0.869. The molecule has 10 heteroatoms. The first-order valence-electron chi connectivity index (χ1n) is 30.3. The van der Waals surface area contributed by atoms with Crippen LogP contribution in [-0.2, 0) is 27.9 Å². The molecule has 2 N–H and O–H groups in total. The van der Waals surface area contributed by atoms with Gasteiger partial charge in [0.1, 0.15) is 19.3 Å². The van der Waals surface area contributed by atoms with E-state index in [1.165, 1.54) is 193 Å². The largest absolute Gasteiger partial charge is 0.472 e. The molecule has 418 valence electrons. The fourth-order valence-corrected chi connectivity index (χ4v) is 9.59. The number of likely N-dealkylation sites (N-methyl/N-ethyl adjacent to an activating group) is 1. The molecule has 0 aromatic heterocycles. The van der Waals surface area contributed by atoms with Crippen LogP contribution in [0.15, 0.2) is 36.5 Å². The van der Waals surface area contributed by atoms with E-state index < -0.39 is 20.0 Å². The average Bonchev–Trinajstić information content (AvgIpc) is 3.33. The second-order valence-electron chi connectivity index (χ2n) is 21.9. The lowest BCUT2D eigenvalue weighted by molar-refractivity contribution is -0.870. The van der Waals surface area contributed by atoms with Gasteiger partial charge in [-0.1, -0.05) is 250 Å². The average molecular weight is 1020 g/mol. The van der Waals surface area contributed by atoms with Gasteiger partial charge in [-0.15, -0.1) is 0 Å². The number of hydrogen-bond acceptors (Lipinski definition) is 6. The van der Waals surface area contributed by atoms with Gasteiger partial charge in [0.05, 0.1) is 33.8 Å². The van der Waals surface area contributed by atoms with Crippen LogP contribution in [0.4, 0.5) is 0 Å². The Morgan fingerprint density at radius 1 is 0.493 bits per heavy atom. The summed E-state index contributed by atoms with van der Waals surface area (Å²) < 4.78 is 30.6. The third-order valence-corrected chi connectivity index (χ3v) is 14.6. The van der Waals surface area contributed by atoms with Gasteiger partial charge in [-0.2, -0.15) is 0 Å². The Hall–Kier alpha value is -1.77. The Kier molecular flexibility index (Phi) is 50.4. The Morgan fingerprint density at radius 3 is 1.30 bits per heavy atom. The number of hydrogen-bond donors (Lipinski definition) is 2. The van der Waals surface area contributed by atoms with E-state index in [1.807, 2.05) is 33.3 Å². The molecule has 0 heterocycles. The minimum absolute atomic E-state index is 0.0421. The lowest BCUT2D eigenvalue weighted by atomic mass is 10.0. The fourth-order valence-electron chi connectivity index (χ4n) is 8.85. The maximum atomic E-state index is 13.5. The van der Waals surface area contributed by atoms with Crippen LogP contribution in [0.25, 0.3) is 0 Å². The zero-order valence-electron chi connectivity index (χ0n) is 47.7. The van der Waals surface area contributed by atoms with Crippen molar-refractivity contribution in [3.05, 3.63) is 36.5 Å². The van der Waals surface area contributed by atoms with Crippen LogP contribution in [0.5, 0.6) is 0 Å². The lowest BCUT2D eigenvalue weighted by Gasteiger charge is -2.27. The van der Waals surface area contributed by atoms with E-state index in [2.05, 4.69) is 50.4 Å². The van der Waals surface area contributed by atoms with Gasteiger partial charge in [-0.3, -0.25) is 18.6 Å². The van der Waals surface area contributed by atoms with E-state index in [1.54, 1.807) is 0 Å². The minimum atomic E-state index is -4.44. The number of carbonyl (C=O) groups excluding carboxylic acids is 2. The van der Waals surface area contributed by atoms with Crippen molar-refractivity contribution in [2.45, 2.75) is 303 Å². The van der Waals surface area contributed by atoms with Gasteiger partial charge in [0, 0.05) is 12.8 Å². The summed E-state index contributed by atoms with van der Waals surface area (Å²) in [5.41, 5.74) is 0. The van der Waals surface area contributed by atoms with Crippen LogP contribution in [0.2, 0.25) is 0 Å². The van der Waals surface area contributed by atoms with E-state index in [4.69, 9.17) is 13.8 Å². The molecule has 0 spiro atoms. The molecular weight excluding hydrogens is 904 g/mol. The van der Waals surface area contributed by atoms with Crippen LogP contribution >= 0.6 is 7.82 Å². The second-order valence-corrected chi connectivity index (χ2v) is 23.3. The summed E-state index contributed by atoms with van der Waals surface area (Å²) in [6, 6.07) is -0.844. The first kappa shape index (κ1) is 69.2. The third kappa shape index (κ3) is 52.9. The molecule has 0 fully saturated rings. The van der Waals surface area contributed by atoms with Gasteiger partial charge in [0.2, 0.25) is 5.91 Å². The Balaban J connectivity index is 5.17. The van der Waals surface area contributed by atoms with Gasteiger partial charge < -0.3 is 19.4 Å². The number of ether oxygens (including phenoxy) is 1. The van der Waals surface area contributed by atoms with Crippen LogP contribution < -0.4 is 5.32 Å². The molecule has 3 unspecified atom stereocenters. The van der Waals surface area contributed by atoms with E-state index >= 15 is 0 Å². The van der Waals surface area contributed by atoms with Crippen molar-refractivity contribution in [2.24, 2.45) is 0 Å². The smallest absolute Gasteiger partial charge is 0.456 e. The highest BCUT2D eigenvalue weighted by molar-refractivity contribution is 7.47. The molecule has 0 aliphatic carbocycles. The lowest BCUT2D eigenvalue weighted by Crippen LogP contribution is -2.47. The van der Waals surface area contributed by atoms with Crippen molar-refractivity contribution in [1.29, 1.82) is 0 Å². The molecule has 0 aliphatic rings. The molecule has 0 aliphatic heterocycles. The molecule has 0 radical (unpaired) electrons. The number of nitrogens with one attached hydrogen (secondary N) is 1. The Bertz CT molecular complexity index is 1310. The van der Waals surface area contributed by atoms with E-state index in [0.717, 1.165) is 64.2 Å². The maximum absolute atomic E-state index is 13.5. The molecule has 3 atom stereocenters. The standard InChI is InChI=1S/C61H117N2O7P/c1-7-10-13-16-19-22-25-27-28-29-30-31-32-33-34-36-38-41-44-47-50-53-60(64)62-58(57-69-71(66,67)68-56-55-63(4,5)6)59(52-49-46-43-40-37-24-21-18-15-12-9-3)70-61(65)54-51-48-45-42-39-35-26-23-20-17-14-11-8-2/h19,22,27-28,49,52,58-59H,7-18,20-21,23-26,29-48,50-51,53-57H2,1-6H3,(H-,62,64,66,67)/p+1/b22-19-,28-27-,52-49-. The van der Waals surface area contributed by atoms with Crippen LogP contribution in [-0.4, -0.2) is 74.3 Å². The molecule has 9 nitrogen and oxygen atoms in total. The molecule has 1 amide bonds. The van der Waals surface area contributed by atoms with Crippen LogP contribution in [0.3, 0.4) is 0 Å². The van der Waals surface area contributed by atoms with E-state index in [9.17, 15) is 19.0 Å². The third-order valence-electron chi connectivity index (χ3n) is 13.6. The summed E-state index contributed by atoms with van der Waals surface area (Å²) in [6.07, 6.45) is 61.3. The molecular formula is C61H118N2O7P+. The zero-order chi connectivity index (χ0) is 52.2. The molecule has 0 bridgehead atoms. The first-order valence-corrected chi connectivity index (χ1v) is 31.8. The van der Waals surface area contributed by atoms with Crippen LogP contribution in [0.1, 0.15) is 290 Å². The number of phosphoric ester groups is 1. The number of unbranched alkanes of at least 4 members (excludes halogenated alkanes) is 35. The van der Waals surface area contributed by atoms with Gasteiger partial charge in [0.25, 0.3) is 0 Å². The maximum Gasteiger partial charge on any atom is 0.472 e. The van der Waals surface area contributed by atoms with Crippen molar-refractivity contribution >= 4 is 19.7 Å². The number of allylic oxidation sites excluding steroid dienone is 5. The predicted molar refractivity (Wildman–Crippen MR) is 305 cm³/mol. The van der Waals surface area contributed by atoms with Gasteiger partial charge in [-0.25, -0.2) is 4.57 Å². The van der Waals surface area contributed by atoms with Crippen molar-refractivity contribution in [2.75, 3.05) is 40.9 Å². The van der Waals surface area contributed by atoms with Crippen LogP contribution in [0, 0.1) is 0 Å². The van der Waals surface area contributed by atoms with Crippen molar-refractivity contribution in [3.63, 3.8) is 0 Å². The van der Waals surface area contributed by atoms with E-state index in [-0.39, 0.29) is 25.1 Å². The molecule has 0 aromatic carbocycles. The van der Waals surface area contributed by atoms with E-state index in [0.29, 0.717) is 23.9 Å². The summed E-state index contributed by atoms with van der Waals surface area (Å²) in [7, 11) is 1.50. The molecule has 71 heavy (non-hydrogen) atoms. The Labute approximate surface area is 440 Å². The highest BCUT2D eigenvalue weighted by atomic mass is 31.2. The van der Waals surface area contributed by atoms with Gasteiger partial charge >= 0.3 is 13.8 Å². The Morgan fingerprint density at radius 2 is 0.859 bits per heavy atom. The molecule has 0 rings (SSSR count). The highest BCUT2D eigenvalue weighted by Gasteiger charge is 2.30. The molecule has 0 aromatic rings. The summed E-state index contributed by atoms with van der Waals surface area (Å²) in [5, 5.41) is 3.06. The molecule has 0 saturated heterocycles. The van der Waals surface area contributed by atoms with Gasteiger partial charge in [-0.05, 0) is 63.9 Å². The number of amides is 1. The summed E-state index contributed by atoms with van der Waals surface area (Å²) in [4.78, 5) is 37.6. The number of esters is 1. The second kappa shape index (κ2) is 51.7. The van der Waals surface area contributed by atoms with Crippen molar-refractivity contribution in [1.82, 2.24) is 5.32 Å². The number of carbonyl (C=O) groups is 2. The monoisotopic (exact) mass is 1020 g/mol. The SMILES string of the molecule is CCCCC/C=C\C/C=C\CCCCCCCCCCCCCC(=O)NC(COP(=O)(O)OCC[N+](C)(C)C)C(/C=C\CCCCCCCCCCC)OC(=O)CCCCCCCCCCCCCCC. The molecule has 0 saturated carbocycles. The topological polar surface area (TPSA) is 111 Å². The number of rotatable bonds is 55. The predicted octanol–water partition coefficient (Wildman–Crippen LogP) is 18.3. The quantitative estimate of drug-likeness (QED) is 0.0205. The van der Waals surface area contributed by atoms with Crippen molar-refractivity contribution in [3.8, 4) is 0 Å². The normalized spacial score (nSPS) is 14.0. The van der Waals surface area contributed by atoms with Gasteiger partial charge in [0.15, 0.2) is 0 Å². The number of phosphoric acid groups is 1. The summed E-state index contributed by atoms with van der Waals surface area (Å²) >= 11 is 0. The van der Waals surface area contributed by atoms with Crippen molar-refractivity contribution < 1.29 is 37.3 Å². The number of nitrogens with zero attached hydrogens (tertiary/aromatic N) is 1. The first-order chi connectivity index (χ1) is 34.4.